The molecule has 1 aromatic rings. The van der Waals surface area contributed by atoms with E-state index in [4.69, 9.17) is 5.73 Å². The number of amides is 1. The van der Waals surface area contributed by atoms with Crippen LogP contribution in [0.1, 0.15) is 20.3 Å². The Morgan fingerprint density at radius 1 is 1.44 bits per heavy atom. The largest absolute Gasteiger partial charge is 0.325 e. The average Bonchev–Trinajstić information content (AvgIpc) is 2.15. The van der Waals surface area contributed by atoms with Crippen LogP contribution in [0, 0.1) is 0 Å². The normalized spacial score (nSPS) is 11.2. The van der Waals surface area contributed by atoms with Gasteiger partial charge in [-0.25, -0.2) is 0 Å². The molecule has 0 aliphatic heterocycles. The van der Waals surface area contributed by atoms with Gasteiger partial charge in [-0.05, 0) is 32.2 Å². The lowest BCUT2D eigenvalue weighted by molar-refractivity contribution is -0.117. The Morgan fingerprint density at radius 2 is 2.06 bits per heavy atom. The maximum absolute atomic E-state index is 11.7. The SMILES string of the molecule is CSc1ccccc1NC(=O)CC(C)(C)N. The van der Waals surface area contributed by atoms with Gasteiger partial charge in [-0.1, -0.05) is 12.1 Å². The first-order valence-electron chi connectivity index (χ1n) is 5.14. The predicted octanol–water partition coefficient (Wildman–Crippen LogP) is 2.47. The molecule has 1 rings (SSSR count). The molecule has 0 aromatic heterocycles. The Kier molecular flexibility index (Phi) is 4.38. The molecule has 1 aromatic carbocycles. The maximum atomic E-state index is 11.7. The Bertz CT molecular complexity index is 372. The molecule has 0 spiro atoms. The van der Waals surface area contributed by atoms with Crippen LogP contribution in [0.4, 0.5) is 5.69 Å². The van der Waals surface area contributed by atoms with E-state index in [-0.39, 0.29) is 5.91 Å². The lowest BCUT2D eigenvalue weighted by atomic mass is 10.0. The molecule has 0 fully saturated rings. The molecular formula is C12H18N2OS. The number of anilines is 1. The van der Waals surface area contributed by atoms with Crippen molar-refractivity contribution in [2.24, 2.45) is 5.73 Å². The molecule has 0 unspecified atom stereocenters. The Balaban J connectivity index is 2.70. The molecule has 88 valence electrons. The minimum absolute atomic E-state index is 0.0472. The minimum atomic E-state index is -0.474. The smallest absolute Gasteiger partial charge is 0.226 e. The predicted molar refractivity (Wildman–Crippen MR) is 69.7 cm³/mol. The first-order valence-corrected chi connectivity index (χ1v) is 6.36. The van der Waals surface area contributed by atoms with Gasteiger partial charge < -0.3 is 11.1 Å². The number of hydrogen-bond donors (Lipinski definition) is 2. The number of hydrogen-bond acceptors (Lipinski definition) is 3. The average molecular weight is 238 g/mol. The second kappa shape index (κ2) is 5.37. The number of benzene rings is 1. The van der Waals surface area contributed by atoms with Gasteiger partial charge in [0.2, 0.25) is 5.91 Å². The van der Waals surface area contributed by atoms with Crippen LogP contribution in [0.2, 0.25) is 0 Å². The highest BCUT2D eigenvalue weighted by Crippen LogP contribution is 2.24. The third kappa shape index (κ3) is 4.24. The third-order valence-electron chi connectivity index (χ3n) is 2.00. The molecule has 4 heteroatoms. The van der Waals surface area contributed by atoms with Crippen LogP contribution in [0.25, 0.3) is 0 Å². The van der Waals surface area contributed by atoms with Gasteiger partial charge in [-0.3, -0.25) is 4.79 Å². The van der Waals surface area contributed by atoms with Crippen LogP contribution in [0.15, 0.2) is 29.2 Å². The quantitative estimate of drug-likeness (QED) is 0.792. The number of thioether (sulfide) groups is 1. The molecule has 0 saturated carbocycles. The van der Waals surface area contributed by atoms with E-state index in [1.807, 2.05) is 44.4 Å². The third-order valence-corrected chi connectivity index (χ3v) is 2.79. The number of para-hydroxylation sites is 1. The lowest BCUT2D eigenvalue weighted by Crippen LogP contribution is -2.36. The van der Waals surface area contributed by atoms with Crippen LogP contribution in [-0.4, -0.2) is 17.7 Å². The summed E-state index contributed by atoms with van der Waals surface area (Å²) in [7, 11) is 0. The van der Waals surface area contributed by atoms with Gasteiger partial charge in [-0.15, -0.1) is 11.8 Å². The van der Waals surface area contributed by atoms with Crippen molar-refractivity contribution < 1.29 is 4.79 Å². The highest BCUT2D eigenvalue weighted by molar-refractivity contribution is 7.98. The van der Waals surface area contributed by atoms with Gasteiger partial charge in [0.05, 0.1) is 5.69 Å². The summed E-state index contributed by atoms with van der Waals surface area (Å²) in [6.45, 7) is 3.68. The zero-order valence-corrected chi connectivity index (χ0v) is 10.7. The molecule has 0 aliphatic rings. The van der Waals surface area contributed by atoms with Crippen molar-refractivity contribution in [3.63, 3.8) is 0 Å². The minimum Gasteiger partial charge on any atom is -0.325 e. The maximum Gasteiger partial charge on any atom is 0.226 e. The fourth-order valence-corrected chi connectivity index (χ4v) is 1.91. The Hall–Kier alpha value is -1.00. The van der Waals surface area contributed by atoms with E-state index in [9.17, 15) is 4.79 Å². The van der Waals surface area contributed by atoms with E-state index >= 15 is 0 Å². The fourth-order valence-electron chi connectivity index (χ4n) is 1.36. The van der Waals surface area contributed by atoms with Gasteiger partial charge in [0.25, 0.3) is 0 Å². The number of carbonyl (C=O) groups excluding carboxylic acids is 1. The molecular weight excluding hydrogens is 220 g/mol. The number of nitrogens with one attached hydrogen (secondary N) is 1. The molecule has 16 heavy (non-hydrogen) atoms. The van der Waals surface area contributed by atoms with Crippen molar-refractivity contribution in [3.05, 3.63) is 24.3 Å². The topological polar surface area (TPSA) is 55.1 Å². The molecule has 0 radical (unpaired) electrons. The highest BCUT2D eigenvalue weighted by atomic mass is 32.2. The fraction of sp³-hybridized carbons (Fsp3) is 0.417. The van der Waals surface area contributed by atoms with Gasteiger partial charge in [0, 0.05) is 16.9 Å². The zero-order valence-electron chi connectivity index (χ0n) is 9.91. The molecule has 3 nitrogen and oxygen atoms in total. The number of nitrogens with two attached hydrogens (primary N) is 1. The molecule has 1 amide bonds. The van der Waals surface area contributed by atoms with E-state index in [0.717, 1.165) is 10.6 Å². The van der Waals surface area contributed by atoms with Crippen LogP contribution < -0.4 is 11.1 Å². The van der Waals surface area contributed by atoms with E-state index in [1.165, 1.54) is 0 Å². The summed E-state index contributed by atoms with van der Waals surface area (Å²) >= 11 is 1.61. The van der Waals surface area contributed by atoms with Crippen molar-refractivity contribution in [2.45, 2.75) is 30.7 Å². The second-order valence-electron chi connectivity index (χ2n) is 4.41. The van der Waals surface area contributed by atoms with E-state index < -0.39 is 5.54 Å². The van der Waals surface area contributed by atoms with Crippen molar-refractivity contribution in [1.29, 1.82) is 0 Å². The summed E-state index contributed by atoms with van der Waals surface area (Å²) in [5, 5.41) is 2.88. The van der Waals surface area contributed by atoms with Gasteiger partial charge in [-0.2, -0.15) is 0 Å². The van der Waals surface area contributed by atoms with E-state index in [1.54, 1.807) is 11.8 Å². The molecule has 3 N–H and O–H groups in total. The zero-order chi connectivity index (χ0) is 12.2. The van der Waals surface area contributed by atoms with Crippen molar-refractivity contribution >= 4 is 23.4 Å². The monoisotopic (exact) mass is 238 g/mol. The molecule has 0 heterocycles. The van der Waals surface area contributed by atoms with Gasteiger partial charge in [0.15, 0.2) is 0 Å². The molecule has 0 aliphatic carbocycles. The van der Waals surface area contributed by atoms with Crippen molar-refractivity contribution in [3.8, 4) is 0 Å². The Morgan fingerprint density at radius 3 is 2.62 bits per heavy atom. The van der Waals surface area contributed by atoms with E-state index in [2.05, 4.69) is 5.32 Å². The van der Waals surface area contributed by atoms with Crippen molar-refractivity contribution in [2.75, 3.05) is 11.6 Å². The second-order valence-corrected chi connectivity index (χ2v) is 5.26. The first-order chi connectivity index (χ1) is 7.42. The number of rotatable bonds is 4. The standard InChI is InChI=1S/C12H18N2OS/c1-12(2,13)8-11(15)14-9-6-4-5-7-10(9)16-3/h4-7H,8,13H2,1-3H3,(H,14,15). The van der Waals surface area contributed by atoms with Crippen molar-refractivity contribution in [1.82, 2.24) is 0 Å². The summed E-state index contributed by atoms with van der Waals surface area (Å²) < 4.78 is 0. The van der Waals surface area contributed by atoms with Crippen LogP contribution in [0.3, 0.4) is 0 Å². The van der Waals surface area contributed by atoms with Crippen LogP contribution in [0.5, 0.6) is 0 Å². The highest BCUT2D eigenvalue weighted by Gasteiger charge is 2.16. The summed E-state index contributed by atoms with van der Waals surface area (Å²) in [4.78, 5) is 12.8. The number of carbonyl (C=O) groups is 1. The van der Waals surface area contributed by atoms with E-state index in [0.29, 0.717) is 6.42 Å². The van der Waals surface area contributed by atoms with Gasteiger partial charge in [0.1, 0.15) is 0 Å². The summed E-state index contributed by atoms with van der Waals surface area (Å²) in [5.74, 6) is -0.0472. The molecule has 0 bridgehead atoms. The summed E-state index contributed by atoms with van der Waals surface area (Å²) in [6.07, 6.45) is 2.30. The summed E-state index contributed by atoms with van der Waals surface area (Å²) in [6, 6.07) is 7.73. The van der Waals surface area contributed by atoms with Crippen LogP contribution >= 0.6 is 11.8 Å². The Labute approximate surface area is 101 Å². The molecule has 0 saturated heterocycles. The lowest BCUT2D eigenvalue weighted by Gasteiger charge is -2.18. The molecule has 0 atom stereocenters. The van der Waals surface area contributed by atoms with Crippen LogP contribution in [-0.2, 0) is 4.79 Å². The van der Waals surface area contributed by atoms with Gasteiger partial charge >= 0.3 is 0 Å². The summed E-state index contributed by atoms with van der Waals surface area (Å²) in [5.41, 5.74) is 6.17. The first kappa shape index (κ1) is 13.1.